The number of hydrogen-bond donors (Lipinski definition) is 0. The minimum absolute atomic E-state index is 0.643. The van der Waals surface area contributed by atoms with Gasteiger partial charge in [0.2, 0.25) is 0 Å². The van der Waals surface area contributed by atoms with Crippen LogP contribution in [0.5, 0.6) is 0 Å². The third kappa shape index (κ3) is 5.44. The summed E-state index contributed by atoms with van der Waals surface area (Å²) in [4.78, 5) is 0. The highest BCUT2D eigenvalue weighted by molar-refractivity contribution is 4.76. The van der Waals surface area contributed by atoms with Crippen LogP contribution in [0, 0.1) is 0 Å². The minimum Gasteiger partial charge on any atom is -0.373 e. The fourth-order valence-electron chi connectivity index (χ4n) is 0.316. The molecule has 0 aliphatic carbocycles. The lowest BCUT2D eigenvalue weighted by Gasteiger charge is -1.90. The van der Waals surface area contributed by atoms with E-state index in [2.05, 4.69) is 6.58 Å². The quantitative estimate of drug-likeness (QED) is 0.398. The molecule has 0 spiro atoms. The van der Waals surface area contributed by atoms with Gasteiger partial charge in [0.1, 0.15) is 0 Å². The van der Waals surface area contributed by atoms with Gasteiger partial charge < -0.3 is 4.74 Å². The molecule has 1 heteroatoms. The molecular weight excluding hydrogens is 100 g/mol. The van der Waals surface area contributed by atoms with Crippen molar-refractivity contribution in [1.29, 1.82) is 0 Å². The predicted molar refractivity (Wildman–Crippen MR) is 35.8 cm³/mol. The summed E-state index contributed by atoms with van der Waals surface area (Å²) in [5, 5.41) is 0. The monoisotopic (exact) mass is 112 g/mol. The molecule has 0 bridgehead atoms. The van der Waals surface area contributed by atoms with Gasteiger partial charge in [-0.2, -0.15) is 0 Å². The predicted octanol–water partition coefficient (Wildman–Crippen LogP) is 1.77. The lowest BCUT2D eigenvalue weighted by molar-refractivity contribution is 0.194. The first-order valence-electron chi connectivity index (χ1n) is 2.71. The van der Waals surface area contributed by atoms with Crippen LogP contribution in [0.2, 0.25) is 0 Å². The first-order chi connectivity index (χ1) is 3.91. The molecule has 0 rings (SSSR count). The van der Waals surface area contributed by atoms with Crippen LogP contribution in [-0.4, -0.2) is 13.2 Å². The van der Waals surface area contributed by atoms with Gasteiger partial charge in [-0.15, -0.1) is 6.58 Å². The zero-order valence-corrected chi connectivity index (χ0v) is 5.26. The summed E-state index contributed by atoms with van der Waals surface area (Å²) < 4.78 is 5.02. The van der Waals surface area contributed by atoms with Crippen molar-refractivity contribution in [3.8, 4) is 0 Å². The Morgan fingerprint density at radius 1 is 1.50 bits per heavy atom. The first-order valence-corrected chi connectivity index (χ1v) is 2.71. The number of hydrogen-bond acceptors (Lipinski definition) is 1. The summed E-state index contributed by atoms with van der Waals surface area (Å²) in [6.45, 7) is 6.82. The van der Waals surface area contributed by atoms with Crippen LogP contribution in [0.15, 0.2) is 24.8 Å². The lowest BCUT2D eigenvalue weighted by atomic mass is 10.5. The van der Waals surface area contributed by atoms with E-state index < -0.39 is 0 Å². The molecule has 0 aromatic heterocycles. The molecule has 0 aliphatic heterocycles. The average Bonchev–Trinajstić information content (AvgIpc) is 1.81. The van der Waals surface area contributed by atoms with Crippen molar-refractivity contribution < 1.29 is 4.74 Å². The Balaban J connectivity index is 2.82. The Hall–Kier alpha value is -0.560. The maximum Gasteiger partial charge on any atom is 0.0651 e. The van der Waals surface area contributed by atoms with E-state index >= 15 is 0 Å². The zero-order valence-electron chi connectivity index (χ0n) is 5.26. The smallest absolute Gasteiger partial charge is 0.0651 e. The van der Waals surface area contributed by atoms with Crippen LogP contribution in [-0.2, 0) is 4.74 Å². The molecule has 1 nitrogen and oxygen atoms in total. The topological polar surface area (TPSA) is 9.23 Å². The maximum atomic E-state index is 5.02. The Morgan fingerprint density at radius 2 is 2.25 bits per heavy atom. The molecule has 46 valence electrons. The van der Waals surface area contributed by atoms with E-state index in [0.29, 0.717) is 13.2 Å². The second-order valence-electron chi connectivity index (χ2n) is 1.40. The van der Waals surface area contributed by atoms with Crippen LogP contribution < -0.4 is 0 Å². The summed E-state index contributed by atoms with van der Waals surface area (Å²) in [6.07, 6.45) is 5.66. The molecule has 8 heavy (non-hydrogen) atoms. The van der Waals surface area contributed by atoms with E-state index in [9.17, 15) is 0 Å². The number of rotatable bonds is 4. The van der Waals surface area contributed by atoms with Crippen molar-refractivity contribution in [3.05, 3.63) is 24.8 Å². The van der Waals surface area contributed by atoms with E-state index in [1.54, 1.807) is 6.08 Å². The molecule has 0 atom stereocenters. The van der Waals surface area contributed by atoms with Gasteiger partial charge in [-0.25, -0.2) is 0 Å². The second kappa shape index (κ2) is 6.44. The summed E-state index contributed by atoms with van der Waals surface area (Å²) in [5.41, 5.74) is 0. The van der Waals surface area contributed by atoms with Crippen LogP contribution in [0.3, 0.4) is 0 Å². The van der Waals surface area contributed by atoms with Crippen LogP contribution >= 0.6 is 0 Å². The molecule has 0 radical (unpaired) electrons. The van der Waals surface area contributed by atoms with Crippen LogP contribution in [0.1, 0.15) is 6.92 Å². The molecule has 0 fully saturated rings. The SMILES string of the molecule is C=CCOC/C=C/C. The standard InChI is InChI=1S/C7H12O/c1-3-5-7-8-6-4-2/h3-5H,2,6-7H2,1H3/b5-3+. The molecule has 0 unspecified atom stereocenters. The lowest BCUT2D eigenvalue weighted by Crippen LogP contribution is -1.88. The maximum absolute atomic E-state index is 5.02. The molecule has 0 heterocycles. The summed E-state index contributed by atoms with van der Waals surface area (Å²) in [7, 11) is 0. The van der Waals surface area contributed by atoms with E-state index in [1.807, 2.05) is 19.1 Å². The van der Waals surface area contributed by atoms with Crippen molar-refractivity contribution in [3.63, 3.8) is 0 Å². The van der Waals surface area contributed by atoms with E-state index in [4.69, 9.17) is 4.74 Å². The molecule has 0 N–H and O–H groups in total. The summed E-state index contributed by atoms with van der Waals surface area (Å²) >= 11 is 0. The summed E-state index contributed by atoms with van der Waals surface area (Å²) in [5.74, 6) is 0. The van der Waals surface area contributed by atoms with Crippen LogP contribution in [0.4, 0.5) is 0 Å². The minimum atomic E-state index is 0.643. The number of ether oxygens (including phenoxy) is 1. The van der Waals surface area contributed by atoms with Crippen LogP contribution in [0.25, 0.3) is 0 Å². The molecular formula is C7H12O. The Bertz CT molecular complexity index is 74.5. The Morgan fingerprint density at radius 3 is 2.75 bits per heavy atom. The van der Waals surface area contributed by atoms with Gasteiger partial charge in [-0.3, -0.25) is 0 Å². The normalized spacial score (nSPS) is 10.1. The van der Waals surface area contributed by atoms with Crippen molar-refractivity contribution in [1.82, 2.24) is 0 Å². The van der Waals surface area contributed by atoms with Crippen molar-refractivity contribution in [2.75, 3.05) is 13.2 Å². The van der Waals surface area contributed by atoms with Gasteiger partial charge in [-0.1, -0.05) is 18.2 Å². The third-order valence-electron chi connectivity index (χ3n) is 0.685. The number of allylic oxidation sites excluding steroid dienone is 1. The molecule has 0 aromatic rings. The molecule has 0 saturated carbocycles. The Labute approximate surface area is 50.7 Å². The molecule has 0 aliphatic rings. The van der Waals surface area contributed by atoms with E-state index in [1.165, 1.54) is 0 Å². The molecule has 0 saturated heterocycles. The fraction of sp³-hybridized carbons (Fsp3) is 0.429. The van der Waals surface area contributed by atoms with Gasteiger partial charge in [-0.05, 0) is 6.92 Å². The third-order valence-corrected chi connectivity index (χ3v) is 0.685. The fourth-order valence-corrected chi connectivity index (χ4v) is 0.316. The van der Waals surface area contributed by atoms with E-state index in [0.717, 1.165) is 0 Å². The average molecular weight is 112 g/mol. The first kappa shape index (κ1) is 7.44. The Kier molecular flexibility index (Phi) is 5.99. The van der Waals surface area contributed by atoms with Gasteiger partial charge >= 0.3 is 0 Å². The zero-order chi connectivity index (χ0) is 6.24. The van der Waals surface area contributed by atoms with Crippen molar-refractivity contribution in [2.45, 2.75) is 6.92 Å². The highest BCUT2D eigenvalue weighted by Gasteiger charge is 1.72. The summed E-state index contributed by atoms with van der Waals surface area (Å²) in [6, 6.07) is 0. The highest BCUT2D eigenvalue weighted by Crippen LogP contribution is 1.76. The van der Waals surface area contributed by atoms with Crippen molar-refractivity contribution in [2.24, 2.45) is 0 Å². The largest absolute Gasteiger partial charge is 0.373 e. The van der Waals surface area contributed by atoms with E-state index in [-0.39, 0.29) is 0 Å². The molecule has 0 aromatic carbocycles. The van der Waals surface area contributed by atoms with Gasteiger partial charge in [0.25, 0.3) is 0 Å². The van der Waals surface area contributed by atoms with Crippen molar-refractivity contribution >= 4 is 0 Å². The second-order valence-corrected chi connectivity index (χ2v) is 1.40. The van der Waals surface area contributed by atoms with Gasteiger partial charge in [0.15, 0.2) is 0 Å². The van der Waals surface area contributed by atoms with Gasteiger partial charge in [0, 0.05) is 0 Å². The highest BCUT2D eigenvalue weighted by atomic mass is 16.5. The molecule has 0 amide bonds. The van der Waals surface area contributed by atoms with Gasteiger partial charge in [0.05, 0.1) is 13.2 Å².